The van der Waals surface area contributed by atoms with E-state index in [0.717, 1.165) is 32.0 Å². The molecule has 1 saturated carbocycles. The molecule has 0 radical (unpaired) electrons. The zero-order chi connectivity index (χ0) is 15.6. The Labute approximate surface area is 126 Å². The van der Waals surface area contributed by atoms with Crippen molar-refractivity contribution in [3.05, 3.63) is 0 Å². The summed E-state index contributed by atoms with van der Waals surface area (Å²) in [5, 5.41) is 2.90. The summed E-state index contributed by atoms with van der Waals surface area (Å²) in [5.74, 6) is 0.323. The van der Waals surface area contributed by atoms with Crippen LogP contribution in [0.1, 0.15) is 52.9 Å². The Hall–Kier alpha value is -1.39. The highest BCUT2D eigenvalue weighted by molar-refractivity contribution is 5.90. The molecule has 0 aromatic rings. The first-order chi connectivity index (χ1) is 9.82. The topological polar surface area (TPSA) is 66.5 Å². The number of hydrogen-bond donors (Lipinski definition) is 1. The number of hydrogen-bond acceptors (Lipinski definition) is 3. The molecule has 1 saturated heterocycles. The highest BCUT2D eigenvalue weighted by Crippen LogP contribution is 2.32. The zero-order valence-electron chi connectivity index (χ0n) is 13.2. The Balaban J connectivity index is 2.05. The van der Waals surface area contributed by atoms with Gasteiger partial charge in [-0.1, -0.05) is 20.8 Å². The van der Waals surface area contributed by atoms with Gasteiger partial charge >= 0.3 is 0 Å². The molecule has 0 bridgehead atoms. The van der Waals surface area contributed by atoms with Gasteiger partial charge in [-0.25, -0.2) is 0 Å². The lowest BCUT2D eigenvalue weighted by Gasteiger charge is -2.34. The smallest absolute Gasteiger partial charge is 0.246 e. The van der Waals surface area contributed by atoms with Crippen LogP contribution in [0.25, 0.3) is 0 Å². The molecule has 0 spiro atoms. The van der Waals surface area contributed by atoms with E-state index in [1.165, 1.54) is 0 Å². The number of aldehydes is 1. The van der Waals surface area contributed by atoms with E-state index in [-0.39, 0.29) is 23.3 Å². The second kappa shape index (κ2) is 6.16. The minimum Gasteiger partial charge on any atom is -0.344 e. The Morgan fingerprint density at radius 3 is 2.48 bits per heavy atom. The third-order valence-electron chi connectivity index (χ3n) is 4.33. The van der Waals surface area contributed by atoms with Gasteiger partial charge in [0.1, 0.15) is 12.3 Å². The second-order valence-electron chi connectivity index (χ2n) is 7.39. The summed E-state index contributed by atoms with van der Waals surface area (Å²) < 4.78 is 0. The first kappa shape index (κ1) is 16.0. The lowest BCUT2D eigenvalue weighted by Crippen LogP contribution is -2.56. The molecule has 2 aliphatic rings. The first-order valence-corrected chi connectivity index (χ1v) is 7.88. The number of amides is 2. The molecular formula is C16H26N2O3. The summed E-state index contributed by atoms with van der Waals surface area (Å²) in [4.78, 5) is 37.5. The molecule has 0 unspecified atom stereocenters. The molecule has 21 heavy (non-hydrogen) atoms. The van der Waals surface area contributed by atoms with Crippen molar-refractivity contribution >= 4 is 18.1 Å². The van der Waals surface area contributed by atoms with Crippen LogP contribution in [0.2, 0.25) is 0 Å². The fraction of sp³-hybridized carbons (Fsp3) is 0.812. The molecular weight excluding hydrogens is 268 g/mol. The molecule has 0 aromatic heterocycles. The van der Waals surface area contributed by atoms with Crippen molar-refractivity contribution in [3.63, 3.8) is 0 Å². The van der Waals surface area contributed by atoms with Gasteiger partial charge in [0.2, 0.25) is 11.8 Å². The Kier molecular flexibility index (Phi) is 4.69. The van der Waals surface area contributed by atoms with Crippen LogP contribution in [-0.4, -0.2) is 41.6 Å². The van der Waals surface area contributed by atoms with Crippen LogP contribution in [0.5, 0.6) is 0 Å². The van der Waals surface area contributed by atoms with Gasteiger partial charge in [-0.15, -0.1) is 0 Å². The van der Waals surface area contributed by atoms with E-state index >= 15 is 0 Å². The van der Waals surface area contributed by atoms with E-state index < -0.39 is 6.04 Å². The van der Waals surface area contributed by atoms with E-state index in [1.54, 1.807) is 4.90 Å². The van der Waals surface area contributed by atoms with Gasteiger partial charge in [0.25, 0.3) is 0 Å². The van der Waals surface area contributed by atoms with Crippen molar-refractivity contribution in [2.24, 2.45) is 11.3 Å². The molecule has 2 atom stereocenters. The molecule has 1 aliphatic carbocycles. The van der Waals surface area contributed by atoms with Crippen LogP contribution >= 0.6 is 0 Å². The Bertz CT molecular complexity index is 424. The maximum Gasteiger partial charge on any atom is 0.246 e. The first-order valence-electron chi connectivity index (χ1n) is 7.88. The molecule has 2 amide bonds. The fourth-order valence-electron chi connectivity index (χ4n) is 2.83. The van der Waals surface area contributed by atoms with Crippen LogP contribution in [0, 0.1) is 11.3 Å². The normalized spacial score (nSPS) is 23.8. The summed E-state index contributed by atoms with van der Waals surface area (Å²) in [6.45, 7) is 6.43. The monoisotopic (exact) mass is 294 g/mol. The molecule has 2 rings (SSSR count). The van der Waals surface area contributed by atoms with Gasteiger partial charge in [-0.3, -0.25) is 9.59 Å². The number of likely N-dealkylation sites (tertiary alicyclic amines) is 1. The molecule has 1 aliphatic heterocycles. The average Bonchev–Trinajstić information content (AvgIpc) is 3.07. The van der Waals surface area contributed by atoms with E-state index in [1.807, 2.05) is 20.8 Å². The van der Waals surface area contributed by atoms with Crippen LogP contribution in [0.3, 0.4) is 0 Å². The van der Waals surface area contributed by atoms with E-state index in [9.17, 15) is 14.4 Å². The lowest BCUT2D eigenvalue weighted by molar-refractivity contribution is -0.141. The Morgan fingerprint density at radius 1 is 1.29 bits per heavy atom. The van der Waals surface area contributed by atoms with Gasteiger partial charge in [-0.05, 0) is 37.0 Å². The fourth-order valence-corrected chi connectivity index (χ4v) is 2.83. The van der Waals surface area contributed by atoms with Gasteiger partial charge < -0.3 is 15.0 Å². The highest BCUT2D eigenvalue weighted by atomic mass is 16.2. The number of nitrogens with zero attached hydrogens (tertiary/aromatic N) is 1. The predicted octanol–water partition coefficient (Wildman–Crippen LogP) is 1.51. The van der Waals surface area contributed by atoms with E-state index in [0.29, 0.717) is 18.9 Å². The quantitative estimate of drug-likeness (QED) is 0.782. The molecule has 118 valence electrons. The van der Waals surface area contributed by atoms with Gasteiger partial charge in [-0.2, -0.15) is 0 Å². The Morgan fingerprint density at radius 2 is 1.95 bits per heavy atom. The van der Waals surface area contributed by atoms with Crippen LogP contribution in [0.4, 0.5) is 0 Å². The molecule has 2 fully saturated rings. The standard InChI is InChI=1S/C16H26N2O3/c1-16(2,3)14(17-13(20)9-11-6-7-11)15(21)18-8-4-5-12(18)10-19/h10-12,14H,4-9H2,1-3H3,(H,17,20)/t12-,14+/m0/s1. The van der Waals surface area contributed by atoms with Crippen molar-refractivity contribution in [1.29, 1.82) is 0 Å². The molecule has 1 N–H and O–H groups in total. The minimum atomic E-state index is -0.565. The number of nitrogens with one attached hydrogen (secondary N) is 1. The predicted molar refractivity (Wildman–Crippen MR) is 79.5 cm³/mol. The summed E-state index contributed by atoms with van der Waals surface area (Å²) in [6, 6.07) is -0.896. The third-order valence-corrected chi connectivity index (χ3v) is 4.33. The minimum absolute atomic E-state index is 0.0485. The molecule has 0 aromatic carbocycles. The van der Waals surface area contributed by atoms with Crippen LogP contribution < -0.4 is 5.32 Å². The lowest BCUT2D eigenvalue weighted by atomic mass is 9.85. The number of carbonyl (C=O) groups is 3. The van der Waals surface area contributed by atoms with E-state index in [2.05, 4.69) is 5.32 Å². The van der Waals surface area contributed by atoms with Crippen LogP contribution in [0.15, 0.2) is 0 Å². The second-order valence-corrected chi connectivity index (χ2v) is 7.39. The van der Waals surface area contributed by atoms with Crippen molar-refractivity contribution in [2.45, 2.75) is 65.0 Å². The summed E-state index contributed by atoms with van der Waals surface area (Å²) in [5.41, 5.74) is -0.369. The van der Waals surface area contributed by atoms with E-state index in [4.69, 9.17) is 0 Å². The average molecular weight is 294 g/mol. The summed E-state index contributed by atoms with van der Waals surface area (Å²) in [7, 11) is 0. The van der Waals surface area contributed by atoms with Gasteiger partial charge in [0, 0.05) is 13.0 Å². The van der Waals surface area contributed by atoms with Crippen molar-refractivity contribution in [3.8, 4) is 0 Å². The van der Waals surface area contributed by atoms with Crippen molar-refractivity contribution in [2.75, 3.05) is 6.54 Å². The highest BCUT2D eigenvalue weighted by Gasteiger charge is 2.40. The SMILES string of the molecule is CC(C)(C)[C@H](NC(=O)CC1CC1)C(=O)N1CCC[C@H]1C=O. The van der Waals surface area contributed by atoms with Crippen molar-refractivity contribution in [1.82, 2.24) is 10.2 Å². The number of rotatable bonds is 5. The molecule has 1 heterocycles. The van der Waals surface area contributed by atoms with Crippen molar-refractivity contribution < 1.29 is 14.4 Å². The van der Waals surface area contributed by atoms with Gasteiger partial charge in [0.15, 0.2) is 0 Å². The van der Waals surface area contributed by atoms with Crippen LogP contribution in [-0.2, 0) is 14.4 Å². The summed E-state index contributed by atoms with van der Waals surface area (Å²) in [6.07, 6.45) is 5.15. The molecule has 5 nitrogen and oxygen atoms in total. The molecule has 5 heteroatoms. The largest absolute Gasteiger partial charge is 0.344 e. The zero-order valence-corrected chi connectivity index (χ0v) is 13.2. The third kappa shape index (κ3) is 4.05. The summed E-state index contributed by atoms with van der Waals surface area (Å²) >= 11 is 0. The number of carbonyl (C=O) groups excluding carboxylic acids is 3. The maximum absolute atomic E-state index is 12.8. The van der Waals surface area contributed by atoms with Gasteiger partial charge in [0.05, 0.1) is 6.04 Å². The maximum atomic E-state index is 12.8.